The highest BCUT2D eigenvalue weighted by molar-refractivity contribution is 7.00. The quantitative estimate of drug-likeness (QED) is 0.704. The largest absolute Gasteiger partial charge is 0.384 e. The number of aliphatic hydroxyl groups excluding tert-OH is 1. The zero-order valence-electron chi connectivity index (χ0n) is 14.8. The SMILES string of the molecule is Cc1ccc([C@H](O)c2cc(F)ccc2[Si](C)(C)c2ccccc2)cc1. The molecule has 0 saturated heterocycles. The first-order chi connectivity index (χ1) is 11.9. The molecule has 0 heterocycles. The molecule has 0 unspecified atom stereocenters. The molecule has 128 valence electrons. The van der Waals surface area contributed by atoms with Gasteiger partial charge in [-0.05, 0) is 35.4 Å². The van der Waals surface area contributed by atoms with E-state index < -0.39 is 14.2 Å². The third kappa shape index (κ3) is 3.58. The van der Waals surface area contributed by atoms with Crippen molar-refractivity contribution < 1.29 is 9.50 Å². The van der Waals surface area contributed by atoms with Crippen molar-refractivity contribution in [1.82, 2.24) is 0 Å². The summed E-state index contributed by atoms with van der Waals surface area (Å²) in [6, 6.07) is 22.9. The number of hydrogen-bond acceptors (Lipinski definition) is 1. The predicted octanol–water partition coefficient (Wildman–Crippen LogP) is 4.04. The summed E-state index contributed by atoms with van der Waals surface area (Å²) < 4.78 is 14.0. The summed E-state index contributed by atoms with van der Waals surface area (Å²) in [6.07, 6.45) is -0.832. The van der Waals surface area contributed by atoms with Crippen LogP contribution in [0.1, 0.15) is 22.8 Å². The smallest absolute Gasteiger partial charge is 0.123 e. The molecule has 0 aliphatic carbocycles. The van der Waals surface area contributed by atoms with E-state index in [1.165, 1.54) is 17.3 Å². The van der Waals surface area contributed by atoms with Gasteiger partial charge in [-0.25, -0.2) is 4.39 Å². The maximum atomic E-state index is 14.0. The van der Waals surface area contributed by atoms with Gasteiger partial charge in [0, 0.05) is 0 Å². The second-order valence-corrected chi connectivity index (χ2v) is 11.4. The summed E-state index contributed by atoms with van der Waals surface area (Å²) in [5, 5.41) is 13.3. The van der Waals surface area contributed by atoms with E-state index in [0.717, 1.165) is 16.3 Å². The van der Waals surface area contributed by atoms with E-state index >= 15 is 0 Å². The molecule has 0 bridgehead atoms. The van der Waals surface area contributed by atoms with E-state index in [-0.39, 0.29) is 5.82 Å². The van der Waals surface area contributed by atoms with E-state index in [0.29, 0.717) is 5.56 Å². The van der Waals surface area contributed by atoms with Crippen LogP contribution < -0.4 is 10.4 Å². The Morgan fingerprint density at radius 3 is 2.16 bits per heavy atom. The van der Waals surface area contributed by atoms with Gasteiger partial charge in [-0.15, -0.1) is 0 Å². The Hall–Kier alpha value is -2.23. The van der Waals surface area contributed by atoms with Crippen molar-refractivity contribution in [2.24, 2.45) is 0 Å². The Bertz CT molecular complexity index is 857. The summed E-state index contributed by atoms with van der Waals surface area (Å²) in [5.74, 6) is -0.317. The van der Waals surface area contributed by atoms with Crippen LogP contribution in [0.5, 0.6) is 0 Å². The monoisotopic (exact) mass is 350 g/mol. The molecule has 3 aromatic carbocycles. The van der Waals surface area contributed by atoms with Crippen LogP contribution in [0.4, 0.5) is 4.39 Å². The highest BCUT2D eigenvalue weighted by Gasteiger charge is 2.30. The number of aliphatic hydroxyl groups is 1. The van der Waals surface area contributed by atoms with Crippen LogP contribution in [0.3, 0.4) is 0 Å². The van der Waals surface area contributed by atoms with Gasteiger partial charge in [-0.2, -0.15) is 0 Å². The molecule has 0 amide bonds. The van der Waals surface area contributed by atoms with Crippen molar-refractivity contribution in [3.63, 3.8) is 0 Å². The molecular weight excluding hydrogens is 327 g/mol. The van der Waals surface area contributed by atoms with Gasteiger partial charge < -0.3 is 5.11 Å². The van der Waals surface area contributed by atoms with E-state index in [4.69, 9.17) is 0 Å². The molecule has 0 fully saturated rings. The molecular formula is C22H23FOSi. The van der Waals surface area contributed by atoms with Gasteiger partial charge in [-0.3, -0.25) is 0 Å². The Morgan fingerprint density at radius 2 is 1.52 bits per heavy atom. The van der Waals surface area contributed by atoms with Crippen molar-refractivity contribution in [2.75, 3.05) is 0 Å². The van der Waals surface area contributed by atoms with Crippen molar-refractivity contribution in [3.8, 4) is 0 Å². The maximum absolute atomic E-state index is 14.0. The van der Waals surface area contributed by atoms with Crippen molar-refractivity contribution in [2.45, 2.75) is 26.1 Å². The molecule has 1 atom stereocenters. The maximum Gasteiger partial charge on any atom is 0.123 e. The number of aryl methyl sites for hydroxylation is 1. The second-order valence-electron chi connectivity index (χ2n) is 7.04. The van der Waals surface area contributed by atoms with Crippen LogP contribution in [0.15, 0.2) is 72.8 Å². The first-order valence-electron chi connectivity index (χ1n) is 8.49. The van der Waals surface area contributed by atoms with Gasteiger partial charge in [-0.1, -0.05) is 84.5 Å². The molecule has 0 radical (unpaired) electrons. The van der Waals surface area contributed by atoms with Gasteiger partial charge >= 0.3 is 0 Å². The standard InChI is InChI=1S/C22H23FOSi/c1-16-9-11-17(12-10-16)22(24)20-15-18(23)13-14-21(20)25(2,3)19-7-5-4-6-8-19/h4-15,22,24H,1-3H3/t22-/m0/s1. The topological polar surface area (TPSA) is 20.2 Å². The van der Waals surface area contributed by atoms with Crippen LogP contribution in [-0.2, 0) is 0 Å². The summed E-state index contributed by atoms with van der Waals surface area (Å²) in [4.78, 5) is 0. The molecule has 0 aliphatic rings. The van der Waals surface area contributed by atoms with E-state index in [1.54, 1.807) is 0 Å². The van der Waals surface area contributed by atoms with E-state index in [9.17, 15) is 9.50 Å². The molecule has 1 nitrogen and oxygen atoms in total. The minimum Gasteiger partial charge on any atom is -0.384 e. The van der Waals surface area contributed by atoms with Crippen LogP contribution in [0.25, 0.3) is 0 Å². The zero-order valence-corrected chi connectivity index (χ0v) is 15.8. The number of halogens is 1. The summed E-state index contributed by atoms with van der Waals surface area (Å²) in [6.45, 7) is 6.48. The number of hydrogen-bond donors (Lipinski definition) is 1. The molecule has 3 rings (SSSR count). The normalized spacial score (nSPS) is 12.8. The lowest BCUT2D eigenvalue weighted by atomic mass is 10.0. The highest BCUT2D eigenvalue weighted by atomic mass is 28.3. The Labute approximate surface area is 149 Å². The highest BCUT2D eigenvalue weighted by Crippen LogP contribution is 2.24. The molecule has 25 heavy (non-hydrogen) atoms. The van der Waals surface area contributed by atoms with E-state index in [1.807, 2.05) is 55.5 Å². The fraction of sp³-hybridized carbons (Fsp3) is 0.182. The lowest BCUT2D eigenvalue weighted by Gasteiger charge is -2.28. The number of rotatable bonds is 4. The van der Waals surface area contributed by atoms with Gasteiger partial charge in [0.15, 0.2) is 0 Å². The van der Waals surface area contributed by atoms with Gasteiger partial charge in [0.05, 0.1) is 0 Å². The first-order valence-corrected chi connectivity index (χ1v) is 11.5. The number of benzene rings is 3. The summed E-state index contributed by atoms with van der Waals surface area (Å²) in [7, 11) is -2.06. The summed E-state index contributed by atoms with van der Waals surface area (Å²) >= 11 is 0. The predicted molar refractivity (Wildman–Crippen MR) is 105 cm³/mol. The molecule has 3 aromatic rings. The van der Waals surface area contributed by atoms with Crippen LogP contribution in [0, 0.1) is 12.7 Å². The first kappa shape index (κ1) is 17.6. The molecule has 1 N–H and O–H groups in total. The molecule has 0 aromatic heterocycles. The summed E-state index contributed by atoms with van der Waals surface area (Å²) in [5.41, 5.74) is 2.59. The average molecular weight is 351 g/mol. The fourth-order valence-corrected chi connectivity index (χ4v) is 6.03. The molecule has 0 saturated carbocycles. The lowest BCUT2D eigenvalue weighted by molar-refractivity contribution is 0.221. The minimum atomic E-state index is -2.06. The molecule has 3 heteroatoms. The van der Waals surface area contributed by atoms with Crippen molar-refractivity contribution in [1.29, 1.82) is 0 Å². The van der Waals surface area contributed by atoms with Crippen LogP contribution in [0.2, 0.25) is 13.1 Å². The Morgan fingerprint density at radius 1 is 0.880 bits per heavy atom. The van der Waals surface area contributed by atoms with Gasteiger partial charge in [0.25, 0.3) is 0 Å². The van der Waals surface area contributed by atoms with Crippen LogP contribution >= 0.6 is 0 Å². The zero-order chi connectivity index (χ0) is 18.0. The van der Waals surface area contributed by atoms with Crippen molar-refractivity contribution >= 4 is 18.4 Å². The third-order valence-corrected chi connectivity index (χ3v) is 8.45. The fourth-order valence-electron chi connectivity index (χ4n) is 3.27. The van der Waals surface area contributed by atoms with Gasteiger partial charge in [0.2, 0.25) is 0 Å². The third-order valence-electron chi connectivity index (χ3n) is 4.87. The Balaban J connectivity index is 2.11. The lowest BCUT2D eigenvalue weighted by Crippen LogP contribution is -2.54. The van der Waals surface area contributed by atoms with E-state index in [2.05, 4.69) is 25.2 Å². The molecule has 0 aliphatic heterocycles. The second kappa shape index (κ2) is 6.94. The minimum absolute atomic E-state index is 0.317. The average Bonchev–Trinajstić information content (AvgIpc) is 2.62. The van der Waals surface area contributed by atoms with Gasteiger partial charge in [0.1, 0.15) is 20.0 Å². The van der Waals surface area contributed by atoms with Crippen LogP contribution in [-0.4, -0.2) is 13.2 Å². The van der Waals surface area contributed by atoms with Crippen molar-refractivity contribution in [3.05, 3.63) is 95.3 Å². The molecule has 0 spiro atoms. The Kier molecular flexibility index (Phi) is 4.88.